The van der Waals surface area contributed by atoms with Crippen molar-refractivity contribution < 1.29 is 4.79 Å². The summed E-state index contributed by atoms with van der Waals surface area (Å²) in [5, 5.41) is 6.30. The summed E-state index contributed by atoms with van der Waals surface area (Å²) >= 11 is 0. The Morgan fingerprint density at radius 2 is 2.13 bits per heavy atom. The standard InChI is InChI=1S/C18H22N4O/c19-17-16(4-2-10-21-17)12-22-18(23)14-7-5-13(6-8-14)15-3-1-9-20-11-15/h2,4-8,10,15,20H,1,3,9,11-12H2,(H2,19,21)(H,22,23)/t15-/m1/s1. The van der Waals surface area contributed by atoms with E-state index in [1.54, 1.807) is 6.20 Å². The van der Waals surface area contributed by atoms with Crippen LogP contribution in [0.25, 0.3) is 0 Å². The summed E-state index contributed by atoms with van der Waals surface area (Å²) < 4.78 is 0. The summed E-state index contributed by atoms with van der Waals surface area (Å²) in [6.07, 6.45) is 4.05. The number of aromatic nitrogens is 1. The van der Waals surface area contributed by atoms with Crippen molar-refractivity contribution in [2.75, 3.05) is 18.8 Å². The van der Waals surface area contributed by atoms with Crippen LogP contribution >= 0.6 is 0 Å². The second-order valence-electron chi connectivity index (χ2n) is 5.90. The number of nitrogens with two attached hydrogens (primary N) is 1. The smallest absolute Gasteiger partial charge is 0.251 e. The number of nitrogens with zero attached hydrogens (tertiary/aromatic N) is 1. The fourth-order valence-electron chi connectivity index (χ4n) is 2.92. The van der Waals surface area contributed by atoms with Gasteiger partial charge in [0, 0.05) is 30.4 Å². The molecule has 120 valence electrons. The Labute approximate surface area is 136 Å². The number of hydrogen-bond acceptors (Lipinski definition) is 4. The van der Waals surface area contributed by atoms with Gasteiger partial charge in [-0.1, -0.05) is 18.2 Å². The van der Waals surface area contributed by atoms with Gasteiger partial charge in [-0.2, -0.15) is 0 Å². The number of piperidine rings is 1. The molecule has 0 spiro atoms. The van der Waals surface area contributed by atoms with E-state index in [1.165, 1.54) is 18.4 Å². The van der Waals surface area contributed by atoms with Crippen LogP contribution in [0.2, 0.25) is 0 Å². The van der Waals surface area contributed by atoms with E-state index in [4.69, 9.17) is 5.73 Å². The Balaban J connectivity index is 1.60. The zero-order valence-corrected chi connectivity index (χ0v) is 13.1. The molecule has 1 amide bonds. The largest absolute Gasteiger partial charge is 0.383 e. The van der Waals surface area contributed by atoms with Gasteiger partial charge in [0.1, 0.15) is 5.82 Å². The first-order valence-electron chi connectivity index (χ1n) is 8.02. The number of anilines is 1. The number of hydrogen-bond donors (Lipinski definition) is 3. The number of amides is 1. The lowest BCUT2D eigenvalue weighted by Gasteiger charge is -2.23. The van der Waals surface area contributed by atoms with Crippen molar-refractivity contribution in [2.45, 2.75) is 25.3 Å². The minimum atomic E-state index is -0.0958. The summed E-state index contributed by atoms with van der Waals surface area (Å²) in [7, 11) is 0. The van der Waals surface area contributed by atoms with E-state index in [1.807, 2.05) is 24.3 Å². The molecule has 5 heteroatoms. The molecule has 0 aliphatic carbocycles. The highest BCUT2D eigenvalue weighted by Gasteiger charge is 2.15. The maximum Gasteiger partial charge on any atom is 0.251 e. The van der Waals surface area contributed by atoms with E-state index in [9.17, 15) is 4.79 Å². The quantitative estimate of drug-likeness (QED) is 0.807. The number of pyridine rings is 1. The zero-order valence-electron chi connectivity index (χ0n) is 13.1. The Bertz CT molecular complexity index is 663. The molecule has 23 heavy (non-hydrogen) atoms. The summed E-state index contributed by atoms with van der Waals surface area (Å²) in [4.78, 5) is 16.2. The van der Waals surface area contributed by atoms with Gasteiger partial charge in [0.15, 0.2) is 0 Å². The number of carbonyl (C=O) groups is 1. The SMILES string of the molecule is Nc1ncccc1CNC(=O)c1ccc([C@@H]2CCCNC2)cc1. The molecule has 1 fully saturated rings. The molecule has 0 bridgehead atoms. The third-order valence-corrected chi connectivity index (χ3v) is 4.31. The predicted molar refractivity (Wildman–Crippen MR) is 91.1 cm³/mol. The summed E-state index contributed by atoms with van der Waals surface area (Å²) in [6.45, 7) is 2.51. The second-order valence-corrected chi connectivity index (χ2v) is 5.90. The van der Waals surface area contributed by atoms with Crippen LogP contribution in [0, 0.1) is 0 Å². The third-order valence-electron chi connectivity index (χ3n) is 4.31. The number of nitrogen functional groups attached to an aromatic ring is 1. The highest BCUT2D eigenvalue weighted by Crippen LogP contribution is 2.23. The molecule has 5 nitrogen and oxygen atoms in total. The van der Waals surface area contributed by atoms with E-state index in [0.717, 1.165) is 18.7 Å². The van der Waals surface area contributed by atoms with Gasteiger partial charge in [-0.05, 0) is 49.1 Å². The van der Waals surface area contributed by atoms with Crippen LogP contribution in [0.15, 0.2) is 42.6 Å². The van der Waals surface area contributed by atoms with Crippen LogP contribution in [-0.4, -0.2) is 24.0 Å². The van der Waals surface area contributed by atoms with Crippen molar-refractivity contribution in [1.29, 1.82) is 0 Å². The summed E-state index contributed by atoms with van der Waals surface area (Å²) in [6, 6.07) is 11.6. The molecule has 0 saturated carbocycles. The lowest BCUT2D eigenvalue weighted by molar-refractivity contribution is 0.0951. The van der Waals surface area contributed by atoms with Crippen LogP contribution in [0.4, 0.5) is 5.82 Å². The molecule has 4 N–H and O–H groups in total. The zero-order chi connectivity index (χ0) is 16.1. The molecule has 2 heterocycles. The molecule has 1 aromatic carbocycles. The summed E-state index contributed by atoms with van der Waals surface area (Å²) in [5.41, 5.74) is 8.57. The molecule has 3 rings (SSSR count). The van der Waals surface area contributed by atoms with Crippen LogP contribution in [0.3, 0.4) is 0 Å². The van der Waals surface area contributed by atoms with Gasteiger partial charge in [-0.3, -0.25) is 4.79 Å². The molecular weight excluding hydrogens is 288 g/mol. The second kappa shape index (κ2) is 7.24. The van der Waals surface area contributed by atoms with Crippen molar-refractivity contribution in [2.24, 2.45) is 0 Å². The van der Waals surface area contributed by atoms with Crippen LogP contribution in [-0.2, 0) is 6.54 Å². The molecule has 1 aliphatic rings. The fourth-order valence-corrected chi connectivity index (χ4v) is 2.92. The molecule has 2 aromatic rings. The molecule has 0 radical (unpaired) electrons. The maximum atomic E-state index is 12.2. The first-order chi connectivity index (χ1) is 11.2. The molecule has 1 atom stereocenters. The highest BCUT2D eigenvalue weighted by molar-refractivity contribution is 5.94. The highest BCUT2D eigenvalue weighted by atomic mass is 16.1. The Kier molecular flexibility index (Phi) is 4.88. The average Bonchev–Trinajstić information content (AvgIpc) is 2.62. The molecule has 1 aliphatic heterocycles. The van der Waals surface area contributed by atoms with Crippen molar-refractivity contribution >= 4 is 11.7 Å². The van der Waals surface area contributed by atoms with Gasteiger partial charge in [0.05, 0.1) is 0 Å². The van der Waals surface area contributed by atoms with Gasteiger partial charge in [-0.15, -0.1) is 0 Å². The van der Waals surface area contributed by atoms with E-state index >= 15 is 0 Å². The molecule has 1 saturated heterocycles. The molecule has 0 unspecified atom stereocenters. The minimum absolute atomic E-state index is 0.0958. The van der Waals surface area contributed by atoms with Crippen molar-refractivity contribution in [3.05, 3.63) is 59.3 Å². The van der Waals surface area contributed by atoms with Crippen LogP contribution in [0.5, 0.6) is 0 Å². The van der Waals surface area contributed by atoms with Gasteiger partial charge in [0.2, 0.25) is 0 Å². The van der Waals surface area contributed by atoms with Gasteiger partial charge in [-0.25, -0.2) is 4.98 Å². The Morgan fingerprint density at radius 3 is 2.83 bits per heavy atom. The van der Waals surface area contributed by atoms with Gasteiger partial charge >= 0.3 is 0 Å². The Morgan fingerprint density at radius 1 is 1.30 bits per heavy atom. The van der Waals surface area contributed by atoms with E-state index in [2.05, 4.69) is 27.8 Å². The van der Waals surface area contributed by atoms with E-state index < -0.39 is 0 Å². The number of benzene rings is 1. The number of rotatable bonds is 4. The predicted octanol–water partition coefficient (Wildman–Crippen LogP) is 2.06. The normalized spacial score (nSPS) is 17.7. The maximum absolute atomic E-state index is 12.2. The molecule has 1 aromatic heterocycles. The topological polar surface area (TPSA) is 80.0 Å². The lowest BCUT2D eigenvalue weighted by atomic mass is 9.91. The average molecular weight is 310 g/mol. The van der Waals surface area contributed by atoms with Gasteiger partial charge in [0.25, 0.3) is 5.91 Å². The monoisotopic (exact) mass is 310 g/mol. The first-order valence-corrected chi connectivity index (χ1v) is 8.02. The Hall–Kier alpha value is -2.40. The van der Waals surface area contributed by atoms with Crippen molar-refractivity contribution in [3.8, 4) is 0 Å². The van der Waals surface area contributed by atoms with Crippen LogP contribution < -0.4 is 16.4 Å². The van der Waals surface area contributed by atoms with E-state index in [-0.39, 0.29) is 5.91 Å². The molecular formula is C18H22N4O. The fraction of sp³-hybridized carbons (Fsp3) is 0.333. The number of nitrogens with one attached hydrogen (secondary N) is 2. The summed E-state index contributed by atoms with van der Waals surface area (Å²) in [5.74, 6) is 0.908. The van der Waals surface area contributed by atoms with Crippen molar-refractivity contribution in [1.82, 2.24) is 15.6 Å². The minimum Gasteiger partial charge on any atom is -0.383 e. The third kappa shape index (κ3) is 3.87. The first kappa shape index (κ1) is 15.5. The van der Waals surface area contributed by atoms with Crippen LogP contribution in [0.1, 0.15) is 40.2 Å². The van der Waals surface area contributed by atoms with Crippen molar-refractivity contribution in [3.63, 3.8) is 0 Å². The lowest BCUT2D eigenvalue weighted by Crippen LogP contribution is -2.28. The van der Waals surface area contributed by atoms with E-state index in [0.29, 0.717) is 23.8 Å². The number of carbonyl (C=O) groups excluding carboxylic acids is 1. The van der Waals surface area contributed by atoms with Gasteiger partial charge < -0.3 is 16.4 Å².